The molecule has 1 amide bonds. The Bertz CT molecular complexity index is 419. The highest BCUT2D eigenvalue weighted by molar-refractivity contribution is 5.81. The third kappa shape index (κ3) is 6.06. The van der Waals surface area contributed by atoms with Crippen molar-refractivity contribution in [2.24, 2.45) is 0 Å². The molecule has 0 saturated heterocycles. The quantitative estimate of drug-likeness (QED) is 0.768. The van der Waals surface area contributed by atoms with E-state index >= 15 is 0 Å². The first-order valence-electron chi connectivity index (χ1n) is 7.28. The molecule has 112 valence electrons. The van der Waals surface area contributed by atoms with Crippen molar-refractivity contribution in [1.29, 1.82) is 0 Å². The minimum Gasteiger partial charge on any atom is -0.494 e. The van der Waals surface area contributed by atoms with Gasteiger partial charge in [0.1, 0.15) is 5.75 Å². The van der Waals surface area contributed by atoms with Crippen LogP contribution in [-0.4, -0.2) is 24.6 Å². The largest absolute Gasteiger partial charge is 0.494 e. The van der Waals surface area contributed by atoms with E-state index in [0.717, 1.165) is 24.3 Å². The number of hydrogen-bond acceptors (Lipinski definition) is 3. The Kier molecular flexibility index (Phi) is 7.09. The topological polar surface area (TPSA) is 50.4 Å². The van der Waals surface area contributed by atoms with Gasteiger partial charge in [0.2, 0.25) is 5.91 Å². The van der Waals surface area contributed by atoms with Crippen molar-refractivity contribution in [3.05, 3.63) is 29.8 Å². The number of hydrogen-bond donors (Lipinski definition) is 2. The number of carbonyl (C=O) groups excluding carboxylic acids is 1. The molecule has 0 aromatic heterocycles. The maximum atomic E-state index is 11.8. The third-order valence-electron chi connectivity index (χ3n) is 2.81. The summed E-state index contributed by atoms with van der Waals surface area (Å²) in [4.78, 5) is 11.8. The second kappa shape index (κ2) is 8.59. The Morgan fingerprint density at radius 3 is 2.70 bits per heavy atom. The van der Waals surface area contributed by atoms with Crippen molar-refractivity contribution < 1.29 is 9.53 Å². The van der Waals surface area contributed by atoms with E-state index in [1.807, 2.05) is 45.0 Å². The molecule has 4 nitrogen and oxygen atoms in total. The number of benzene rings is 1. The Morgan fingerprint density at radius 1 is 1.30 bits per heavy atom. The lowest BCUT2D eigenvalue weighted by Gasteiger charge is -2.16. The molecule has 0 bridgehead atoms. The standard InChI is InChI=1S/C16H26N2O2/c1-5-9-20-15-8-6-7-14(10-15)11-17-13(4)16(19)18-12(2)3/h6-8,10,12-13,17H,5,9,11H2,1-4H3,(H,18,19). The molecule has 0 saturated carbocycles. The molecule has 0 fully saturated rings. The zero-order chi connectivity index (χ0) is 15.0. The molecule has 1 atom stereocenters. The van der Waals surface area contributed by atoms with Crippen LogP contribution in [-0.2, 0) is 11.3 Å². The first kappa shape index (κ1) is 16.5. The first-order chi connectivity index (χ1) is 9.52. The lowest BCUT2D eigenvalue weighted by Crippen LogP contribution is -2.44. The molecule has 0 spiro atoms. The summed E-state index contributed by atoms with van der Waals surface area (Å²) in [5.74, 6) is 0.906. The molecule has 1 unspecified atom stereocenters. The summed E-state index contributed by atoms with van der Waals surface area (Å²) >= 11 is 0. The first-order valence-corrected chi connectivity index (χ1v) is 7.28. The van der Waals surface area contributed by atoms with Gasteiger partial charge in [0, 0.05) is 12.6 Å². The maximum Gasteiger partial charge on any atom is 0.237 e. The molecular weight excluding hydrogens is 252 g/mol. The van der Waals surface area contributed by atoms with E-state index in [1.165, 1.54) is 0 Å². The maximum absolute atomic E-state index is 11.8. The van der Waals surface area contributed by atoms with Gasteiger partial charge in [0.05, 0.1) is 12.6 Å². The summed E-state index contributed by atoms with van der Waals surface area (Å²) in [6.45, 7) is 9.24. The number of rotatable bonds is 8. The lowest BCUT2D eigenvalue weighted by atomic mass is 10.2. The van der Waals surface area contributed by atoms with Crippen molar-refractivity contribution in [3.8, 4) is 5.75 Å². The van der Waals surface area contributed by atoms with Crippen molar-refractivity contribution in [1.82, 2.24) is 10.6 Å². The average molecular weight is 278 g/mol. The zero-order valence-electron chi connectivity index (χ0n) is 12.9. The van der Waals surface area contributed by atoms with Crippen molar-refractivity contribution in [2.75, 3.05) is 6.61 Å². The molecule has 0 aliphatic carbocycles. The molecule has 4 heteroatoms. The molecule has 0 heterocycles. The minimum atomic E-state index is -0.211. The second-order valence-corrected chi connectivity index (χ2v) is 5.26. The van der Waals surface area contributed by atoms with Crippen LogP contribution in [0.4, 0.5) is 0 Å². The molecule has 0 radical (unpaired) electrons. The minimum absolute atomic E-state index is 0.0263. The van der Waals surface area contributed by atoms with Gasteiger partial charge in [-0.25, -0.2) is 0 Å². The van der Waals surface area contributed by atoms with Crippen LogP contribution in [0.15, 0.2) is 24.3 Å². The SMILES string of the molecule is CCCOc1cccc(CNC(C)C(=O)NC(C)C)c1. The van der Waals surface area contributed by atoms with Gasteiger partial charge < -0.3 is 15.4 Å². The number of carbonyl (C=O) groups is 1. The fraction of sp³-hybridized carbons (Fsp3) is 0.562. The predicted octanol–water partition coefficient (Wildman–Crippen LogP) is 2.48. The van der Waals surface area contributed by atoms with Gasteiger partial charge in [0.25, 0.3) is 0 Å². The Hall–Kier alpha value is -1.55. The molecule has 1 aromatic rings. The predicted molar refractivity (Wildman–Crippen MR) is 81.8 cm³/mol. The van der Waals surface area contributed by atoms with Gasteiger partial charge in [-0.15, -0.1) is 0 Å². The molecular formula is C16H26N2O2. The van der Waals surface area contributed by atoms with Crippen LogP contribution >= 0.6 is 0 Å². The summed E-state index contributed by atoms with van der Waals surface area (Å²) in [5, 5.41) is 6.11. The van der Waals surface area contributed by atoms with Crippen LogP contribution in [0.3, 0.4) is 0 Å². The summed E-state index contributed by atoms with van der Waals surface area (Å²) in [6, 6.07) is 7.92. The molecule has 0 aliphatic heterocycles. The van der Waals surface area contributed by atoms with Crippen molar-refractivity contribution in [2.45, 2.75) is 52.7 Å². The smallest absolute Gasteiger partial charge is 0.237 e. The molecule has 2 N–H and O–H groups in total. The van der Waals surface area contributed by atoms with Gasteiger partial charge in [0.15, 0.2) is 0 Å². The van der Waals surface area contributed by atoms with E-state index in [1.54, 1.807) is 0 Å². The van der Waals surface area contributed by atoms with E-state index in [-0.39, 0.29) is 18.0 Å². The summed E-state index contributed by atoms with van der Waals surface area (Å²) in [5.41, 5.74) is 1.11. The lowest BCUT2D eigenvalue weighted by molar-refractivity contribution is -0.123. The fourth-order valence-electron chi connectivity index (χ4n) is 1.74. The van der Waals surface area contributed by atoms with E-state index in [0.29, 0.717) is 6.54 Å². The van der Waals surface area contributed by atoms with Crippen molar-refractivity contribution >= 4 is 5.91 Å². The van der Waals surface area contributed by atoms with E-state index < -0.39 is 0 Å². The highest BCUT2D eigenvalue weighted by atomic mass is 16.5. The van der Waals surface area contributed by atoms with Gasteiger partial charge in [-0.1, -0.05) is 19.1 Å². The van der Waals surface area contributed by atoms with Crippen LogP contribution in [0.2, 0.25) is 0 Å². The van der Waals surface area contributed by atoms with Gasteiger partial charge >= 0.3 is 0 Å². The van der Waals surface area contributed by atoms with Crippen LogP contribution in [0.25, 0.3) is 0 Å². The monoisotopic (exact) mass is 278 g/mol. The second-order valence-electron chi connectivity index (χ2n) is 5.26. The van der Waals surface area contributed by atoms with Crippen LogP contribution < -0.4 is 15.4 Å². The number of amides is 1. The number of ether oxygens (including phenoxy) is 1. The Balaban J connectivity index is 2.46. The molecule has 0 aliphatic rings. The number of nitrogens with one attached hydrogen (secondary N) is 2. The van der Waals surface area contributed by atoms with Gasteiger partial charge in [-0.05, 0) is 44.9 Å². The highest BCUT2D eigenvalue weighted by Gasteiger charge is 2.12. The van der Waals surface area contributed by atoms with Crippen LogP contribution in [0.5, 0.6) is 5.75 Å². The van der Waals surface area contributed by atoms with Crippen LogP contribution in [0, 0.1) is 0 Å². The molecule has 1 aromatic carbocycles. The Labute approximate surface area is 121 Å². The molecule has 1 rings (SSSR count). The summed E-state index contributed by atoms with van der Waals surface area (Å²) in [6.07, 6.45) is 0.995. The van der Waals surface area contributed by atoms with Gasteiger partial charge in [-0.3, -0.25) is 4.79 Å². The zero-order valence-corrected chi connectivity index (χ0v) is 12.9. The normalized spacial score (nSPS) is 12.2. The molecule has 20 heavy (non-hydrogen) atoms. The summed E-state index contributed by atoms with van der Waals surface area (Å²) in [7, 11) is 0. The van der Waals surface area contributed by atoms with E-state index in [2.05, 4.69) is 17.6 Å². The Morgan fingerprint density at radius 2 is 2.05 bits per heavy atom. The highest BCUT2D eigenvalue weighted by Crippen LogP contribution is 2.13. The van der Waals surface area contributed by atoms with Gasteiger partial charge in [-0.2, -0.15) is 0 Å². The average Bonchev–Trinajstić information content (AvgIpc) is 2.42. The van der Waals surface area contributed by atoms with E-state index in [9.17, 15) is 4.79 Å². The fourth-order valence-corrected chi connectivity index (χ4v) is 1.74. The van der Waals surface area contributed by atoms with E-state index in [4.69, 9.17) is 4.74 Å². The van der Waals surface area contributed by atoms with Crippen molar-refractivity contribution in [3.63, 3.8) is 0 Å². The third-order valence-corrected chi connectivity index (χ3v) is 2.81. The van der Waals surface area contributed by atoms with Crippen LogP contribution in [0.1, 0.15) is 39.7 Å². The summed E-state index contributed by atoms with van der Waals surface area (Å²) < 4.78 is 5.60.